The molecular formula is C19H17FN2O3. The summed E-state index contributed by atoms with van der Waals surface area (Å²) in [5.74, 6) is -0.631. The molecule has 1 amide bonds. The molecule has 1 unspecified atom stereocenters. The van der Waals surface area contributed by atoms with Crippen molar-refractivity contribution in [3.63, 3.8) is 0 Å². The zero-order valence-electron chi connectivity index (χ0n) is 13.7. The predicted molar refractivity (Wildman–Crippen MR) is 90.2 cm³/mol. The summed E-state index contributed by atoms with van der Waals surface area (Å²) >= 11 is 0. The standard InChI is InChI=1S/C19H17FN2O3/c1-24-18-9-17(16(20)8-15(18)10-21)22-19(23)13-4-2-3-12(7-13)14-5-6-25-11-14/h2-4,7-9,14H,5-6,11H2,1H3,(H,22,23). The second-order valence-electron chi connectivity index (χ2n) is 5.78. The summed E-state index contributed by atoms with van der Waals surface area (Å²) in [4.78, 5) is 12.5. The number of hydrogen-bond donors (Lipinski definition) is 1. The molecule has 5 nitrogen and oxygen atoms in total. The third-order valence-electron chi connectivity index (χ3n) is 4.21. The van der Waals surface area contributed by atoms with E-state index >= 15 is 0 Å². The van der Waals surface area contributed by atoms with Crippen LogP contribution in [0.15, 0.2) is 36.4 Å². The molecule has 0 radical (unpaired) electrons. The van der Waals surface area contributed by atoms with E-state index in [1.54, 1.807) is 18.2 Å². The molecule has 0 aliphatic carbocycles. The number of carbonyl (C=O) groups excluding carboxylic acids is 1. The highest BCUT2D eigenvalue weighted by molar-refractivity contribution is 6.04. The number of ether oxygens (including phenoxy) is 2. The maximum atomic E-state index is 14.1. The Hall–Kier alpha value is -2.91. The van der Waals surface area contributed by atoms with Crippen LogP contribution in [0.5, 0.6) is 5.75 Å². The Morgan fingerprint density at radius 2 is 2.24 bits per heavy atom. The van der Waals surface area contributed by atoms with Crippen molar-refractivity contribution in [1.82, 2.24) is 0 Å². The molecule has 25 heavy (non-hydrogen) atoms. The Morgan fingerprint density at radius 3 is 2.92 bits per heavy atom. The molecule has 1 heterocycles. The number of amides is 1. The van der Waals surface area contributed by atoms with E-state index in [2.05, 4.69) is 5.32 Å². The van der Waals surface area contributed by atoms with Crippen molar-refractivity contribution in [2.24, 2.45) is 0 Å². The zero-order chi connectivity index (χ0) is 17.8. The lowest BCUT2D eigenvalue weighted by Gasteiger charge is -2.12. The quantitative estimate of drug-likeness (QED) is 0.925. The van der Waals surface area contributed by atoms with E-state index in [4.69, 9.17) is 14.7 Å². The van der Waals surface area contributed by atoms with Gasteiger partial charge in [0.1, 0.15) is 17.6 Å². The number of nitriles is 1. The van der Waals surface area contributed by atoms with Gasteiger partial charge in [-0.25, -0.2) is 4.39 Å². The molecule has 1 N–H and O–H groups in total. The molecule has 1 aliphatic heterocycles. The van der Waals surface area contributed by atoms with Gasteiger partial charge in [0.2, 0.25) is 0 Å². The van der Waals surface area contributed by atoms with Gasteiger partial charge in [0, 0.05) is 24.2 Å². The third-order valence-corrected chi connectivity index (χ3v) is 4.21. The fraction of sp³-hybridized carbons (Fsp3) is 0.263. The molecule has 0 saturated carbocycles. The molecule has 0 aromatic heterocycles. The fourth-order valence-electron chi connectivity index (χ4n) is 2.83. The van der Waals surface area contributed by atoms with Gasteiger partial charge in [-0.1, -0.05) is 12.1 Å². The van der Waals surface area contributed by atoms with Crippen LogP contribution in [0.2, 0.25) is 0 Å². The first-order chi connectivity index (χ1) is 12.1. The minimum Gasteiger partial charge on any atom is -0.495 e. The normalized spacial score (nSPS) is 16.3. The number of nitrogens with one attached hydrogen (secondary N) is 1. The lowest BCUT2D eigenvalue weighted by molar-refractivity contribution is 0.102. The van der Waals surface area contributed by atoms with Gasteiger partial charge in [-0.3, -0.25) is 4.79 Å². The van der Waals surface area contributed by atoms with Crippen LogP contribution >= 0.6 is 0 Å². The monoisotopic (exact) mass is 340 g/mol. The average molecular weight is 340 g/mol. The Morgan fingerprint density at radius 1 is 1.40 bits per heavy atom. The van der Waals surface area contributed by atoms with Gasteiger partial charge in [0.15, 0.2) is 0 Å². The Bertz CT molecular complexity index is 839. The second kappa shape index (κ2) is 7.32. The summed E-state index contributed by atoms with van der Waals surface area (Å²) in [7, 11) is 1.38. The highest BCUT2D eigenvalue weighted by atomic mass is 19.1. The van der Waals surface area contributed by atoms with Gasteiger partial charge in [-0.2, -0.15) is 5.26 Å². The largest absolute Gasteiger partial charge is 0.495 e. The zero-order valence-corrected chi connectivity index (χ0v) is 13.7. The highest BCUT2D eigenvalue weighted by Gasteiger charge is 2.19. The number of nitrogens with zero attached hydrogens (tertiary/aromatic N) is 1. The van der Waals surface area contributed by atoms with Crippen LogP contribution in [0, 0.1) is 17.1 Å². The van der Waals surface area contributed by atoms with Gasteiger partial charge in [-0.05, 0) is 30.2 Å². The summed E-state index contributed by atoms with van der Waals surface area (Å²) in [6, 6.07) is 11.4. The Kier molecular flexibility index (Phi) is 4.96. The van der Waals surface area contributed by atoms with Crippen LogP contribution in [0.3, 0.4) is 0 Å². The van der Waals surface area contributed by atoms with Gasteiger partial charge in [-0.15, -0.1) is 0 Å². The summed E-state index contributed by atoms with van der Waals surface area (Å²) in [6.07, 6.45) is 0.923. The Labute approximate surface area is 145 Å². The predicted octanol–water partition coefficient (Wildman–Crippen LogP) is 3.46. The van der Waals surface area contributed by atoms with Crippen molar-refractivity contribution in [2.75, 3.05) is 25.6 Å². The smallest absolute Gasteiger partial charge is 0.255 e. The van der Waals surface area contributed by atoms with Crippen molar-refractivity contribution in [3.8, 4) is 11.8 Å². The highest BCUT2D eigenvalue weighted by Crippen LogP contribution is 2.28. The number of hydrogen-bond acceptors (Lipinski definition) is 4. The molecule has 1 aliphatic rings. The van der Waals surface area contributed by atoms with Crippen molar-refractivity contribution in [2.45, 2.75) is 12.3 Å². The molecule has 0 bridgehead atoms. The van der Waals surface area contributed by atoms with Crippen LogP contribution in [0.25, 0.3) is 0 Å². The molecule has 2 aromatic rings. The molecule has 6 heteroatoms. The van der Waals surface area contributed by atoms with Gasteiger partial charge in [0.25, 0.3) is 5.91 Å². The topological polar surface area (TPSA) is 71.3 Å². The Balaban J connectivity index is 1.83. The summed E-state index contributed by atoms with van der Waals surface area (Å²) in [6.45, 7) is 1.36. The number of rotatable bonds is 4. The molecule has 1 saturated heterocycles. The summed E-state index contributed by atoms with van der Waals surface area (Å²) in [5, 5.41) is 11.5. The molecule has 128 valence electrons. The number of carbonyl (C=O) groups is 1. The van der Waals surface area contributed by atoms with E-state index in [1.165, 1.54) is 13.2 Å². The van der Waals surface area contributed by atoms with Crippen molar-refractivity contribution < 1.29 is 18.7 Å². The van der Waals surface area contributed by atoms with Crippen LogP contribution in [-0.4, -0.2) is 26.2 Å². The van der Waals surface area contributed by atoms with Crippen LogP contribution in [-0.2, 0) is 4.74 Å². The summed E-state index contributed by atoms with van der Waals surface area (Å²) < 4.78 is 24.5. The van der Waals surface area contributed by atoms with E-state index in [1.807, 2.05) is 12.1 Å². The minimum absolute atomic E-state index is 0.0320. The van der Waals surface area contributed by atoms with Gasteiger partial charge in [0.05, 0.1) is 25.0 Å². The first kappa shape index (κ1) is 16.9. The minimum atomic E-state index is -0.689. The first-order valence-corrected chi connectivity index (χ1v) is 7.89. The van der Waals surface area contributed by atoms with Crippen molar-refractivity contribution in [3.05, 3.63) is 58.9 Å². The summed E-state index contributed by atoms with van der Waals surface area (Å²) in [5.41, 5.74) is 1.51. The van der Waals surface area contributed by atoms with Crippen LogP contribution < -0.4 is 10.1 Å². The number of benzene rings is 2. The second-order valence-corrected chi connectivity index (χ2v) is 5.78. The maximum absolute atomic E-state index is 14.1. The van der Waals surface area contributed by atoms with E-state index in [9.17, 15) is 9.18 Å². The van der Waals surface area contributed by atoms with E-state index < -0.39 is 11.7 Å². The molecular weight excluding hydrogens is 323 g/mol. The van der Waals surface area contributed by atoms with E-state index in [-0.39, 0.29) is 22.9 Å². The lowest BCUT2D eigenvalue weighted by Crippen LogP contribution is -2.14. The number of methoxy groups -OCH3 is 1. The number of halogens is 1. The van der Waals surface area contributed by atoms with Crippen molar-refractivity contribution in [1.29, 1.82) is 5.26 Å². The lowest BCUT2D eigenvalue weighted by atomic mass is 9.96. The average Bonchev–Trinajstić information content (AvgIpc) is 3.17. The molecule has 1 fully saturated rings. The van der Waals surface area contributed by atoms with Gasteiger partial charge >= 0.3 is 0 Å². The molecule has 3 rings (SSSR count). The van der Waals surface area contributed by atoms with Crippen LogP contribution in [0.4, 0.5) is 10.1 Å². The van der Waals surface area contributed by atoms with Gasteiger partial charge < -0.3 is 14.8 Å². The third kappa shape index (κ3) is 3.62. The number of anilines is 1. The molecule has 1 atom stereocenters. The van der Waals surface area contributed by atoms with Crippen molar-refractivity contribution >= 4 is 11.6 Å². The molecule has 2 aromatic carbocycles. The van der Waals surface area contributed by atoms with Crippen LogP contribution in [0.1, 0.15) is 33.8 Å². The molecule has 0 spiro atoms. The maximum Gasteiger partial charge on any atom is 0.255 e. The fourth-order valence-corrected chi connectivity index (χ4v) is 2.83. The van der Waals surface area contributed by atoms with E-state index in [0.29, 0.717) is 12.2 Å². The van der Waals surface area contributed by atoms with E-state index in [0.717, 1.165) is 24.7 Å². The SMILES string of the molecule is COc1cc(NC(=O)c2cccc(C3CCOC3)c2)c(F)cc1C#N. The first-order valence-electron chi connectivity index (χ1n) is 7.89.